The van der Waals surface area contributed by atoms with Gasteiger partial charge in [0.1, 0.15) is 5.69 Å². The Balaban J connectivity index is 1.97. The van der Waals surface area contributed by atoms with Crippen LogP contribution in [0.1, 0.15) is 62.3 Å². The van der Waals surface area contributed by atoms with Gasteiger partial charge in [0.25, 0.3) is 17.5 Å². The van der Waals surface area contributed by atoms with Crippen molar-refractivity contribution >= 4 is 28.9 Å². The van der Waals surface area contributed by atoms with E-state index in [-0.39, 0.29) is 28.2 Å². The van der Waals surface area contributed by atoms with E-state index in [1.165, 1.54) is 42.5 Å². The van der Waals surface area contributed by atoms with E-state index in [4.69, 9.17) is 28.4 Å². The highest BCUT2D eigenvalue weighted by atomic mass is 16.6. The second kappa shape index (κ2) is 16.6. The molecule has 0 aliphatic rings. The van der Waals surface area contributed by atoms with Crippen LogP contribution in [0.5, 0.6) is 34.5 Å². The molecule has 0 atom stereocenters. The molecule has 0 saturated carbocycles. The monoisotopic (exact) mass is 625 g/mol. The Morgan fingerprint density at radius 2 is 0.978 bits per heavy atom. The summed E-state index contributed by atoms with van der Waals surface area (Å²) >= 11 is 0. The van der Waals surface area contributed by atoms with Crippen LogP contribution in [0.2, 0.25) is 0 Å². The lowest BCUT2D eigenvalue weighted by Gasteiger charge is -2.17. The Morgan fingerprint density at radius 1 is 0.600 bits per heavy atom. The number of nitro groups is 1. The van der Waals surface area contributed by atoms with E-state index < -0.39 is 16.7 Å². The fourth-order valence-electron chi connectivity index (χ4n) is 4.31. The first-order valence-electron chi connectivity index (χ1n) is 14.7. The van der Waals surface area contributed by atoms with Gasteiger partial charge in [0, 0.05) is 22.9 Å². The number of hydrogen-bond donors (Lipinski definition) is 2. The lowest BCUT2D eigenvalue weighted by molar-refractivity contribution is -0.383. The summed E-state index contributed by atoms with van der Waals surface area (Å²) < 4.78 is 34.2. The average Bonchev–Trinajstić information content (AvgIpc) is 3.00. The lowest BCUT2D eigenvalue weighted by atomic mass is 10.1. The number of carbonyl (C=O) groups is 2. The van der Waals surface area contributed by atoms with Gasteiger partial charge in [-0.25, -0.2) is 0 Å². The summed E-state index contributed by atoms with van der Waals surface area (Å²) in [6, 6.07) is 9.86. The van der Waals surface area contributed by atoms with Gasteiger partial charge in [0.15, 0.2) is 23.0 Å². The van der Waals surface area contributed by atoms with Crippen molar-refractivity contribution in [2.45, 2.75) is 41.5 Å². The minimum absolute atomic E-state index is 0.121. The molecular weight excluding hydrogens is 586 g/mol. The molecule has 0 fully saturated rings. The molecular formula is C32H39N3O10. The number of nitrogens with one attached hydrogen (secondary N) is 2. The first kappa shape index (κ1) is 34.3. The fraction of sp³-hybridized carbons (Fsp3) is 0.375. The third kappa shape index (κ3) is 8.68. The van der Waals surface area contributed by atoms with Crippen molar-refractivity contribution in [2.75, 3.05) is 50.3 Å². The Labute approximate surface area is 261 Å². The molecule has 242 valence electrons. The Hall–Kier alpha value is -5.20. The number of carbonyl (C=O) groups excluding carboxylic acids is 2. The summed E-state index contributed by atoms with van der Waals surface area (Å²) in [6.45, 7) is 12.8. The Morgan fingerprint density at radius 3 is 1.33 bits per heavy atom. The van der Waals surface area contributed by atoms with Gasteiger partial charge in [0.05, 0.1) is 44.6 Å². The summed E-state index contributed by atoms with van der Waals surface area (Å²) in [5, 5.41) is 17.1. The highest BCUT2D eigenvalue weighted by molar-refractivity contribution is 6.08. The third-order valence-corrected chi connectivity index (χ3v) is 6.04. The zero-order chi connectivity index (χ0) is 32.9. The molecule has 45 heavy (non-hydrogen) atoms. The molecule has 0 aliphatic carbocycles. The van der Waals surface area contributed by atoms with Crippen LogP contribution in [0.15, 0.2) is 42.5 Å². The smallest absolute Gasteiger partial charge is 0.292 e. The standard InChI is InChI=1S/C32H39N3O10/c1-7-40-25-15-20(16-26(41-8-2)29(25)44-11-5)31(36)33-22-13-14-24(35(38)39)23(19-22)34-32(37)21-17-27(42-9-3)30(45-12-6)28(18-21)43-10-4/h13-19H,7-12H2,1-6H3,(H,33,36)(H,34,37). The van der Waals surface area contributed by atoms with Crippen molar-refractivity contribution in [3.63, 3.8) is 0 Å². The second-order valence-corrected chi connectivity index (χ2v) is 9.10. The molecule has 0 aliphatic heterocycles. The van der Waals surface area contributed by atoms with Crippen LogP contribution in [-0.2, 0) is 0 Å². The van der Waals surface area contributed by atoms with E-state index >= 15 is 0 Å². The molecule has 0 aromatic heterocycles. The Kier molecular flexibility index (Phi) is 12.6. The van der Waals surface area contributed by atoms with Gasteiger partial charge in [-0.1, -0.05) is 0 Å². The summed E-state index contributed by atoms with van der Waals surface area (Å²) in [5.41, 5.74) is 0.0124. The number of nitrogens with zero attached hydrogens (tertiary/aromatic N) is 1. The van der Waals surface area contributed by atoms with Crippen LogP contribution in [-0.4, -0.2) is 56.4 Å². The van der Waals surface area contributed by atoms with Gasteiger partial charge in [-0.2, -0.15) is 0 Å². The van der Waals surface area contributed by atoms with Crippen LogP contribution in [0, 0.1) is 10.1 Å². The number of nitro benzene ring substituents is 1. The maximum absolute atomic E-state index is 13.4. The summed E-state index contributed by atoms with van der Waals surface area (Å²) in [6.07, 6.45) is 0. The van der Waals surface area contributed by atoms with Gasteiger partial charge in [-0.05, 0) is 77.9 Å². The summed E-state index contributed by atoms with van der Waals surface area (Å²) in [5.74, 6) is 0.773. The van der Waals surface area contributed by atoms with Crippen molar-refractivity contribution in [3.8, 4) is 34.5 Å². The van der Waals surface area contributed by atoms with Crippen LogP contribution in [0.4, 0.5) is 17.1 Å². The molecule has 0 saturated heterocycles. The number of ether oxygens (including phenoxy) is 6. The van der Waals surface area contributed by atoms with E-state index in [1.807, 2.05) is 13.8 Å². The molecule has 3 rings (SSSR count). The highest BCUT2D eigenvalue weighted by Gasteiger charge is 2.23. The number of benzene rings is 3. The summed E-state index contributed by atoms with van der Waals surface area (Å²) in [7, 11) is 0. The van der Waals surface area contributed by atoms with E-state index in [9.17, 15) is 19.7 Å². The zero-order valence-corrected chi connectivity index (χ0v) is 26.3. The zero-order valence-electron chi connectivity index (χ0n) is 26.3. The first-order chi connectivity index (χ1) is 21.7. The highest BCUT2D eigenvalue weighted by Crippen LogP contribution is 2.41. The van der Waals surface area contributed by atoms with Crippen LogP contribution in [0.25, 0.3) is 0 Å². The van der Waals surface area contributed by atoms with E-state index in [2.05, 4.69) is 10.6 Å². The molecule has 3 aromatic rings. The van der Waals surface area contributed by atoms with Crippen molar-refractivity contribution in [1.82, 2.24) is 0 Å². The third-order valence-electron chi connectivity index (χ3n) is 6.04. The maximum atomic E-state index is 13.4. The molecule has 13 nitrogen and oxygen atoms in total. The predicted molar refractivity (Wildman–Crippen MR) is 169 cm³/mol. The molecule has 0 spiro atoms. The fourth-order valence-corrected chi connectivity index (χ4v) is 4.31. The topological polar surface area (TPSA) is 157 Å². The SMILES string of the molecule is CCOc1cc(C(=O)Nc2ccc([N+](=O)[O-])c(NC(=O)c3cc(OCC)c(OCC)c(OCC)c3)c2)cc(OCC)c1OCC. The molecule has 3 aromatic carbocycles. The number of hydrogen-bond acceptors (Lipinski definition) is 10. The van der Waals surface area contributed by atoms with Gasteiger partial charge in [0.2, 0.25) is 11.5 Å². The van der Waals surface area contributed by atoms with Crippen molar-refractivity contribution in [1.29, 1.82) is 0 Å². The van der Waals surface area contributed by atoms with Gasteiger partial charge >= 0.3 is 0 Å². The van der Waals surface area contributed by atoms with Crippen LogP contribution < -0.4 is 39.1 Å². The molecule has 13 heteroatoms. The largest absolute Gasteiger partial charge is 0.490 e. The predicted octanol–water partition coefficient (Wildman–Crippen LogP) is 6.49. The van der Waals surface area contributed by atoms with Crippen molar-refractivity contribution < 1.29 is 42.9 Å². The van der Waals surface area contributed by atoms with Crippen LogP contribution in [0.3, 0.4) is 0 Å². The molecule has 0 heterocycles. The van der Waals surface area contributed by atoms with E-state index in [1.54, 1.807) is 27.7 Å². The Bertz CT molecular complexity index is 1450. The number of rotatable bonds is 17. The van der Waals surface area contributed by atoms with Crippen molar-refractivity contribution in [3.05, 3.63) is 63.7 Å². The summed E-state index contributed by atoms with van der Waals surface area (Å²) in [4.78, 5) is 37.9. The molecule has 0 unspecified atom stereocenters. The molecule has 0 bridgehead atoms. The number of anilines is 2. The molecule has 0 radical (unpaired) electrons. The van der Waals surface area contributed by atoms with E-state index in [0.29, 0.717) is 74.1 Å². The minimum Gasteiger partial charge on any atom is -0.490 e. The van der Waals surface area contributed by atoms with E-state index in [0.717, 1.165) is 0 Å². The quantitative estimate of drug-likeness (QED) is 0.125. The van der Waals surface area contributed by atoms with Gasteiger partial charge in [-0.15, -0.1) is 0 Å². The van der Waals surface area contributed by atoms with Gasteiger partial charge in [-0.3, -0.25) is 19.7 Å². The minimum atomic E-state index is -0.666. The lowest BCUT2D eigenvalue weighted by Crippen LogP contribution is -2.16. The first-order valence-corrected chi connectivity index (χ1v) is 14.7. The maximum Gasteiger partial charge on any atom is 0.292 e. The normalized spacial score (nSPS) is 10.4. The molecule has 2 N–H and O–H groups in total. The van der Waals surface area contributed by atoms with Crippen LogP contribution >= 0.6 is 0 Å². The van der Waals surface area contributed by atoms with Gasteiger partial charge < -0.3 is 39.1 Å². The number of amides is 2. The van der Waals surface area contributed by atoms with Crippen molar-refractivity contribution in [2.24, 2.45) is 0 Å². The second-order valence-electron chi connectivity index (χ2n) is 9.10. The average molecular weight is 626 g/mol. The molecule has 2 amide bonds.